The first-order valence-corrected chi connectivity index (χ1v) is 10.6. The van der Waals surface area contributed by atoms with Gasteiger partial charge in [0.1, 0.15) is 18.5 Å². The van der Waals surface area contributed by atoms with Gasteiger partial charge in [0.15, 0.2) is 0 Å². The number of hydrogen-bond acceptors (Lipinski definition) is 5. The first kappa shape index (κ1) is 20.5. The summed E-state index contributed by atoms with van der Waals surface area (Å²) in [5.74, 6) is 1.44. The van der Waals surface area contributed by atoms with Crippen LogP contribution in [-0.2, 0) is 0 Å². The van der Waals surface area contributed by atoms with Crippen LogP contribution in [0.1, 0.15) is 24.3 Å². The molecule has 2 aromatic rings. The number of nitrogens with one attached hydrogen (secondary N) is 1. The average molecular weight is 411 g/mol. The average Bonchev–Trinajstić information content (AvgIpc) is 3.59. The van der Waals surface area contributed by atoms with Crippen LogP contribution >= 0.6 is 0 Å². The Kier molecular flexibility index (Phi) is 6.40. The van der Waals surface area contributed by atoms with E-state index in [0.29, 0.717) is 18.0 Å². The number of β-amino-alcohol motifs (C(OH)–C–C–N with tert-alkyl or cyclic N) is 1. The first-order valence-electron chi connectivity index (χ1n) is 10.6. The van der Waals surface area contributed by atoms with Crippen LogP contribution in [0.5, 0.6) is 5.75 Å². The minimum atomic E-state index is -0.602. The molecule has 30 heavy (non-hydrogen) atoms. The van der Waals surface area contributed by atoms with E-state index in [0.717, 1.165) is 32.1 Å². The lowest BCUT2D eigenvalue weighted by atomic mass is 10.1. The maximum atomic E-state index is 10.8. The fraction of sp³-hybridized carbons (Fsp3) is 0.435. The topological polar surface area (TPSA) is 91.1 Å². The van der Waals surface area contributed by atoms with E-state index in [1.165, 1.54) is 24.1 Å². The quantitative estimate of drug-likeness (QED) is 0.622. The summed E-state index contributed by atoms with van der Waals surface area (Å²) in [6.45, 7) is 4.60. The molecule has 1 heterocycles. The summed E-state index contributed by atoms with van der Waals surface area (Å²) in [6.07, 6.45) is 2.11. The van der Waals surface area contributed by atoms with Crippen LogP contribution in [-0.4, -0.2) is 61.5 Å². The number of urea groups is 1. The number of nitrogens with zero attached hydrogens (tertiary/aromatic N) is 2. The molecule has 2 amide bonds. The number of primary amides is 1. The number of aliphatic hydroxyl groups is 1. The third kappa shape index (κ3) is 5.64. The third-order valence-corrected chi connectivity index (χ3v) is 5.71. The second-order valence-corrected chi connectivity index (χ2v) is 8.13. The number of carbonyl (C=O) groups is 1. The Labute approximate surface area is 177 Å². The molecule has 4 rings (SSSR count). The Balaban J connectivity index is 1.17. The highest BCUT2D eigenvalue weighted by atomic mass is 16.5. The predicted molar refractivity (Wildman–Crippen MR) is 118 cm³/mol. The largest absolute Gasteiger partial charge is 0.491 e. The van der Waals surface area contributed by atoms with Gasteiger partial charge in [-0.3, -0.25) is 4.90 Å². The second-order valence-electron chi connectivity index (χ2n) is 8.13. The third-order valence-electron chi connectivity index (χ3n) is 5.71. The van der Waals surface area contributed by atoms with E-state index in [-0.39, 0.29) is 6.61 Å². The van der Waals surface area contributed by atoms with E-state index in [9.17, 15) is 9.90 Å². The molecule has 1 aliphatic heterocycles. The molecule has 7 heteroatoms. The van der Waals surface area contributed by atoms with E-state index in [1.807, 2.05) is 0 Å². The van der Waals surface area contributed by atoms with Gasteiger partial charge in [-0.25, -0.2) is 4.79 Å². The zero-order chi connectivity index (χ0) is 20.9. The van der Waals surface area contributed by atoms with Crippen LogP contribution in [0.3, 0.4) is 0 Å². The van der Waals surface area contributed by atoms with Gasteiger partial charge in [0.05, 0.1) is 0 Å². The fourth-order valence-corrected chi connectivity index (χ4v) is 3.88. The molecule has 1 saturated carbocycles. The minimum Gasteiger partial charge on any atom is -0.491 e. The number of amides is 2. The molecular weight excluding hydrogens is 380 g/mol. The molecule has 1 unspecified atom stereocenters. The molecule has 1 atom stereocenters. The molecule has 0 spiro atoms. The highest BCUT2D eigenvalue weighted by Crippen LogP contribution is 2.40. The van der Waals surface area contributed by atoms with Crippen molar-refractivity contribution in [2.45, 2.75) is 24.9 Å². The van der Waals surface area contributed by atoms with Crippen molar-refractivity contribution in [3.8, 4) is 5.75 Å². The number of aliphatic hydroxyl groups excluding tert-OH is 1. The lowest BCUT2D eigenvalue weighted by Crippen LogP contribution is -2.49. The van der Waals surface area contributed by atoms with Gasteiger partial charge in [0, 0.05) is 44.1 Å². The van der Waals surface area contributed by atoms with Crippen molar-refractivity contribution in [1.29, 1.82) is 0 Å². The van der Waals surface area contributed by atoms with Gasteiger partial charge < -0.3 is 25.8 Å². The molecule has 0 bridgehead atoms. The SMILES string of the molecule is NC(=O)Nc1ccc(OCC(O)CN2CCN(c3ccc(C4CC4)cc3)CC2)cc1. The van der Waals surface area contributed by atoms with Gasteiger partial charge >= 0.3 is 6.03 Å². The van der Waals surface area contributed by atoms with Gasteiger partial charge in [-0.05, 0) is 60.7 Å². The molecule has 1 aliphatic carbocycles. The molecular formula is C23H30N4O3. The molecule has 0 radical (unpaired) electrons. The van der Waals surface area contributed by atoms with E-state index in [2.05, 4.69) is 39.4 Å². The zero-order valence-electron chi connectivity index (χ0n) is 17.2. The maximum absolute atomic E-state index is 10.8. The van der Waals surface area contributed by atoms with E-state index >= 15 is 0 Å². The normalized spacial score (nSPS) is 18.1. The van der Waals surface area contributed by atoms with Crippen molar-refractivity contribution >= 4 is 17.4 Å². The molecule has 2 aromatic carbocycles. The van der Waals surface area contributed by atoms with Gasteiger partial charge in [0.25, 0.3) is 0 Å². The number of nitrogens with two attached hydrogens (primary N) is 1. The van der Waals surface area contributed by atoms with Crippen molar-refractivity contribution in [3.05, 3.63) is 54.1 Å². The molecule has 1 saturated heterocycles. The molecule has 0 aromatic heterocycles. The van der Waals surface area contributed by atoms with Crippen molar-refractivity contribution in [2.75, 3.05) is 49.5 Å². The van der Waals surface area contributed by atoms with Crippen molar-refractivity contribution < 1.29 is 14.6 Å². The molecule has 2 fully saturated rings. The zero-order valence-corrected chi connectivity index (χ0v) is 17.2. The standard InChI is InChI=1S/C23H30N4O3/c24-23(29)25-19-5-9-22(10-6-19)30-16-21(28)15-26-11-13-27(14-12-26)20-7-3-18(4-8-20)17-1-2-17/h3-10,17,21,28H,1-2,11-16H2,(H3,24,25,29). The Morgan fingerprint density at radius 3 is 2.33 bits per heavy atom. The monoisotopic (exact) mass is 410 g/mol. The number of piperazine rings is 1. The highest BCUT2D eigenvalue weighted by molar-refractivity contribution is 5.87. The Morgan fingerprint density at radius 1 is 1.07 bits per heavy atom. The van der Waals surface area contributed by atoms with Gasteiger partial charge in [0.2, 0.25) is 0 Å². The number of rotatable bonds is 8. The first-order chi connectivity index (χ1) is 14.6. The van der Waals surface area contributed by atoms with Gasteiger partial charge in [-0.2, -0.15) is 0 Å². The van der Waals surface area contributed by atoms with Crippen LogP contribution in [0.15, 0.2) is 48.5 Å². The van der Waals surface area contributed by atoms with Crippen molar-refractivity contribution in [3.63, 3.8) is 0 Å². The van der Waals surface area contributed by atoms with Crippen molar-refractivity contribution in [2.24, 2.45) is 5.73 Å². The lowest BCUT2D eigenvalue weighted by molar-refractivity contribution is 0.0663. The van der Waals surface area contributed by atoms with Crippen LogP contribution < -0.4 is 20.7 Å². The summed E-state index contributed by atoms with van der Waals surface area (Å²) in [7, 11) is 0. The molecule has 4 N–H and O–H groups in total. The van der Waals surface area contributed by atoms with E-state index < -0.39 is 12.1 Å². The summed E-state index contributed by atoms with van der Waals surface area (Å²) in [4.78, 5) is 15.5. The van der Waals surface area contributed by atoms with E-state index in [1.54, 1.807) is 24.3 Å². The Morgan fingerprint density at radius 2 is 1.73 bits per heavy atom. The summed E-state index contributed by atoms with van der Waals surface area (Å²) in [6, 6.07) is 15.3. The Hall–Kier alpha value is -2.77. The molecule has 2 aliphatic rings. The van der Waals surface area contributed by atoms with Crippen LogP contribution in [0.4, 0.5) is 16.2 Å². The number of anilines is 2. The number of carbonyl (C=O) groups excluding carboxylic acids is 1. The van der Waals surface area contributed by atoms with Crippen molar-refractivity contribution in [1.82, 2.24) is 4.90 Å². The summed E-state index contributed by atoms with van der Waals surface area (Å²) in [5.41, 5.74) is 8.46. The summed E-state index contributed by atoms with van der Waals surface area (Å²) in [5, 5.41) is 12.9. The maximum Gasteiger partial charge on any atom is 0.316 e. The summed E-state index contributed by atoms with van der Waals surface area (Å²) >= 11 is 0. The van der Waals surface area contributed by atoms with Crippen LogP contribution in [0.25, 0.3) is 0 Å². The minimum absolute atomic E-state index is 0.228. The predicted octanol–water partition coefficient (Wildman–Crippen LogP) is 2.62. The smallest absolute Gasteiger partial charge is 0.316 e. The van der Waals surface area contributed by atoms with Gasteiger partial charge in [-0.1, -0.05) is 12.1 Å². The number of hydrogen-bond donors (Lipinski definition) is 3. The van der Waals surface area contributed by atoms with E-state index in [4.69, 9.17) is 10.5 Å². The fourth-order valence-electron chi connectivity index (χ4n) is 3.88. The molecule has 160 valence electrons. The number of benzene rings is 2. The highest BCUT2D eigenvalue weighted by Gasteiger charge is 2.24. The van der Waals surface area contributed by atoms with Crippen LogP contribution in [0, 0.1) is 0 Å². The van der Waals surface area contributed by atoms with Gasteiger partial charge in [-0.15, -0.1) is 0 Å². The Bertz CT molecular complexity index is 829. The molecule has 7 nitrogen and oxygen atoms in total. The van der Waals surface area contributed by atoms with Crippen LogP contribution in [0.2, 0.25) is 0 Å². The second kappa shape index (κ2) is 9.36. The number of ether oxygens (including phenoxy) is 1. The lowest BCUT2D eigenvalue weighted by Gasteiger charge is -2.37. The summed E-state index contributed by atoms with van der Waals surface area (Å²) < 4.78 is 5.66.